The first-order chi connectivity index (χ1) is 21.4. The number of amides is 2. The van der Waals surface area contributed by atoms with E-state index in [1.807, 2.05) is 6.07 Å². The van der Waals surface area contributed by atoms with E-state index in [9.17, 15) is 14.0 Å². The summed E-state index contributed by atoms with van der Waals surface area (Å²) in [5.41, 5.74) is 1.51. The molecule has 9 nitrogen and oxygen atoms in total. The van der Waals surface area contributed by atoms with Crippen molar-refractivity contribution >= 4 is 23.2 Å². The van der Waals surface area contributed by atoms with E-state index in [1.165, 1.54) is 24.3 Å². The van der Waals surface area contributed by atoms with Gasteiger partial charge in [-0.1, -0.05) is 68.4 Å². The lowest BCUT2D eigenvalue weighted by Crippen LogP contribution is -2.43. The van der Waals surface area contributed by atoms with Crippen LogP contribution in [0.25, 0.3) is 11.3 Å². The third-order valence-electron chi connectivity index (χ3n) is 7.90. The normalized spacial score (nSPS) is 17.6. The molecular formula is C33H32F2N6O3. The summed E-state index contributed by atoms with van der Waals surface area (Å²) in [6, 6.07) is 19.5. The number of aromatic nitrogens is 2. The second-order valence-electron chi connectivity index (χ2n) is 10.7. The summed E-state index contributed by atoms with van der Waals surface area (Å²) in [6.45, 7) is 7.54. The lowest BCUT2D eigenvalue weighted by molar-refractivity contribution is -0.117. The molecule has 2 aliphatic heterocycles. The summed E-state index contributed by atoms with van der Waals surface area (Å²) in [5.74, 6) is -2.36. The quantitative estimate of drug-likeness (QED) is 0.306. The molecule has 6 rings (SSSR count). The van der Waals surface area contributed by atoms with Gasteiger partial charge in [0, 0.05) is 29.2 Å². The second-order valence-corrected chi connectivity index (χ2v) is 10.7. The number of benzene rings is 3. The average Bonchev–Trinajstić information content (AvgIpc) is 3.35. The van der Waals surface area contributed by atoms with E-state index in [1.54, 1.807) is 47.1 Å². The molecular weight excluding hydrogens is 566 g/mol. The summed E-state index contributed by atoms with van der Waals surface area (Å²) in [6.07, 6.45) is -1.44. The van der Waals surface area contributed by atoms with Gasteiger partial charge >= 0.3 is 0 Å². The third-order valence-corrected chi connectivity index (χ3v) is 7.90. The van der Waals surface area contributed by atoms with Gasteiger partial charge in [-0.05, 0) is 31.3 Å². The smallest absolute Gasteiger partial charge is 0.269 e. The molecule has 0 fully saturated rings. The fourth-order valence-electron chi connectivity index (χ4n) is 5.63. The molecule has 2 aliphatic rings. The Hall–Kier alpha value is -4.90. The molecule has 2 N–H and O–H groups in total. The van der Waals surface area contributed by atoms with Gasteiger partial charge in [-0.3, -0.25) is 9.59 Å². The molecule has 3 heterocycles. The van der Waals surface area contributed by atoms with Gasteiger partial charge in [-0.2, -0.15) is 5.10 Å². The first kappa shape index (κ1) is 29.2. The summed E-state index contributed by atoms with van der Waals surface area (Å²) >= 11 is 0. The van der Waals surface area contributed by atoms with Crippen molar-refractivity contribution in [3.63, 3.8) is 0 Å². The Labute approximate surface area is 253 Å². The van der Waals surface area contributed by atoms with Crippen LogP contribution in [0.4, 0.5) is 14.5 Å². The molecule has 2 atom stereocenters. The molecule has 0 saturated heterocycles. The number of nitrogens with one attached hydrogen (secondary N) is 2. The summed E-state index contributed by atoms with van der Waals surface area (Å²) in [5, 5.41) is 9.90. The monoisotopic (exact) mass is 598 g/mol. The molecule has 0 spiro atoms. The zero-order chi connectivity index (χ0) is 30.8. The first-order valence-electron chi connectivity index (χ1n) is 14.6. The number of benzodiazepines with no additional fused rings is 1. The maximum atomic E-state index is 15.1. The number of rotatable bonds is 8. The van der Waals surface area contributed by atoms with E-state index >= 15 is 4.39 Å². The Bertz CT molecular complexity index is 1730. The van der Waals surface area contributed by atoms with Gasteiger partial charge < -0.3 is 20.3 Å². The van der Waals surface area contributed by atoms with E-state index in [2.05, 4.69) is 39.5 Å². The van der Waals surface area contributed by atoms with Crippen LogP contribution in [-0.2, 0) is 11.3 Å². The second kappa shape index (κ2) is 12.4. The number of aliphatic imine (C=N–C) groups is 1. The first-order valence-corrected chi connectivity index (χ1v) is 14.6. The van der Waals surface area contributed by atoms with Crippen LogP contribution in [-0.4, -0.2) is 64.6 Å². The third kappa shape index (κ3) is 5.58. The van der Waals surface area contributed by atoms with Crippen molar-refractivity contribution in [2.45, 2.75) is 26.6 Å². The fraction of sp³-hybridized carbons (Fsp3) is 0.273. The van der Waals surface area contributed by atoms with Crippen molar-refractivity contribution in [2.24, 2.45) is 10.9 Å². The molecule has 0 saturated carbocycles. The van der Waals surface area contributed by atoms with E-state index in [-0.39, 0.29) is 34.3 Å². The molecule has 2 amide bonds. The highest BCUT2D eigenvalue weighted by Gasteiger charge is 2.35. The van der Waals surface area contributed by atoms with Gasteiger partial charge in [-0.25, -0.2) is 18.5 Å². The Kier molecular flexibility index (Phi) is 8.21. The molecule has 1 aromatic heterocycles. The molecule has 3 aromatic carbocycles. The fourth-order valence-corrected chi connectivity index (χ4v) is 5.63. The van der Waals surface area contributed by atoms with Gasteiger partial charge in [0.25, 0.3) is 11.8 Å². The number of hydrogen-bond acceptors (Lipinski definition) is 6. The van der Waals surface area contributed by atoms with E-state index in [0.29, 0.717) is 30.0 Å². The minimum absolute atomic E-state index is 0.00593. The molecule has 0 radical (unpaired) electrons. The van der Waals surface area contributed by atoms with Gasteiger partial charge in [0.15, 0.2) is 0 Å². The highest BCUT2D eigenvalue weighted by molar-refractivity contribution is 6.20. The van der Waals surface area contributed by atoms with Gasteiger partial charge in [-0.15, -0.1) is 0 Å². The number of halogens is 2. The van der Waals surface area contributed by atoms with E-state index in [4.69, 9.17) is 4.74 Å². The Balaban J connectivity index is 1.39. The number of anilines is 1. The zero-order valence-electron chi connectivity index (χ0n) is 24.4. The van der Waals surface area contributed by atoms with Crippen LogP contribution < -0.4 is 15.4 Å². The van der Waals surface area contributed by atoms with Crippen LogP contribution in [0.2, 0.25) is 0 Å². The maximum Gasteiger partial charge on any atom is 0.269 e. The average molecular weight is 599 g/mol. The van der Waals surface area contributed by atoms with Crippen LogP contribution in [0.15, 0.2) is 77.8 Å². The van der Waals surface area contributed by atoms with Crippen LogP contribution >= 0.6 is 0 Å². The summed E-state index contributed by atoms with van der Waals surface area (Å²) in [7, 11) is 0. The lowest BCUT2D eigenvalue weighted by Gasteiger charge is -2.29. The van der Waals surface area contributed by atoms with Crippen molar-refractivity contribution < 1.29 is 23.1 Å². The minimum Gasteiger partial charge on any atom is -0.477 e. The number of hydrogen-bond donors (Lipinski definition) is 2. The predicted molar refractivity (Wildman–Crippen MR) is 163 cm³/mol. The highest BCUT2D eigenvalue weighted by Crippen LogP contribution is 2.35. The summed E-state index contributed by atoms with van der Waals surface area (Å²) < 4.78 is 37.7. The van der Waals surface area contributed by atoms with Gasteiger partial charge in [0.1, 0.15) is 22.9 Å². The van der Waals surface area contributed by atoms with Crippen LogP contribution in [0, 0.1) is 17.6 Å². The largest absolute Gasteiger partial charge is 0.477 e. The molecule has 1 unspecified atom stereocenters. The van der Waals surface area contributed by atoms with E-state index < -0.39 is 29.6 Å². The van der Waals surface area contributed by atoms with Crippen molar-refractivity contribution in [2.75, 3.05) is 31.6 Å². The number of para-hydroxylation sites is 1. The molecule has 44 heavy (non-hydrogen) atoms. The molecule has 226 valence electrons. The maximum absolute atomic E-state index is 15.1. The highest BCUT2D eigenvalue weighted by atomic mass is 19.1. The Morgan fingerprint density at radius 2 is 1.70 bits per heavy atom. The SMILES string of the molecule is CCN(CC)CC1COc2c(C(=O)N[C@H]3N=C(c4ccccc4)c4cccc(F)c4NC3=O)c(-c3ccccc3F)nn2C1. The topological polar surface area (TPSA) is 101 Å². The Morgan fingerprint density at radius 1 is 1.00 bits per heavy atom. The minimum atomic E-state index is -1.44. The lowest BCUT2D eigenvalue weighted by atomic mass is 10.0. The van der Waals surface area contributed by atoms with Gasteiger partial charge in [0.05, 0.1) is 24.6 Å². The number of nitrogens with zero attached hydrogens (tertiary/aromatic N) is 4. The summed E-state index contributed by atoms with van der Waals surface area (Å²) in [4.78, 5) is 34.3. The molecule has 4 aromatic rings. The van der Waals surface area contributed by atoms with Gasteiger partial charge in [0.2, 0.25) is 12.0 Å². The number of carbonyl (C=O) groups excluding carboxylic acids is 2. The van der Waals surface area contributed by atoms with Crippen LogP contribution in [0.5, 0.6) is 5.88 Å². The molecule has 11 heteroatoms. The van der Waals surface area contributed by atoms with Crippen molar-refractivity contribution in [1.29, 1.82) is 0 Å². The Morgan fingerprint density at radius 3 is 2.45 bits per heavy atom. The molecule has 0 bridgehead atoms. The van der Waals surface area contributed by atoms with Crippen LogP contribution in [0.3, 0.4) is 0 Å². The van der Waals surface area contributed by atoms with E-state index in [0.717, 1.165) is 19.6 Å². The predicted octanol–water partition coefficient (Wildman–Crippen LogP) is 4.72. The van der Waals surface area contributed by atoms with Crippen molar-refractivity contribution in [3.05, 3.63) is 101 Å². The van der Waals surface area contributed by atoms with Crippen LogP contribution in [0.1, 0.15) is 35.3 Å². The van der Waals surface area contributed by atoms with Crippen molar-refractivity contribution in [1.82, 2.24) is 20.0 Å². The number of fused-ring (bicyclic) bond motifs is 2. The van der Waals surface area contributed by atoms with Crippen molar-refractivity contribution in [3.8, 4) is 17.1 Å². The number of ether oxygens (including phenoxy) is 1. The standard InChI is InChI=1S/C33H32F2N6O3/c1-3-40(4-2)17-20-18-41-33(44-19-20)26(29(39-41)22-13-8-9-15-24(22)34)31(42)38-30-32(43)37-28-23(14-10-16-25(28)35)27(36-30)21-11-6-5-7-12-21/h5-16,20,30H,3-4,17-19H2,1-2H3,(H,37,43)(H,38,42)/t20?,30-/m1/s1. The zero-order valence-corrected chi connectivity index (χ0v) is 24.4. The number of carbonyl (C=O) groups is 2. The molecule has 0 aliphatic carbocycles.